The molecule has 4 aliphatic carbocycles. The van der Waals surface area contributed by atoms with Gasteiger partial charge in [-0.3, -0.25) is 9.69 Å². The molecule has 5 atom stereocenters. The molecule has 1 saturated heterocycles. The van der Waals surface area contributed by atoms with Gasteiger partial charge in [-0.05, 0) is 91.8 Å². The number of hydrogen-bond acceptors (Lipinski definition) is 6. The predicted molar refractivity (Wildman–Crippen MR) is 157 cm³/mol. The molecule has 2 spiro atoms. The molecule has 6 aliphatic rings. The second-order valence-electron chi connectivity index (χ2n) is 13.8. The van der Waals surface area contributed by atoms with Crippen molar-refractivity contribution in [3.8, 4) is 17.2 Å². The van der Waals surface area contributed by atoms with Crippen molar-refractivity contribution in [3.63, 3.8) is 0 Å². The van der Waals surface area contributed by atoms with Crippen molar-refractivity contribution < 1.29 is 24.1 Å². The molecule has 0 amide bonds. The van der Waals surface area contributed by atoms with Crippen LogP contribution in [0.15, 0.2) is 60.7 Å². The van der Waals surface area contributed by atoms with E-state index >= 15 is 0 Å². The van der Waals surface area contributed by atoms with Crippen LogP contribution in [0.2, 0.25) is 0 Å². The molecule has 3 fully saturated rings. The summed E-state index contributed by atoms with van der Waals surface area (Å²) in [6, 6.07) is 20.4. The number of ketones is 1. The van der Waals surface area contributed by atoms with Crippen molar-refractivity contribution in [1.82, 2.24) is 4.90 Å². The van der Waals surface area contributed by atoms with E-state index in [1.54, 1.807) is 7.11 Å². The van der Waals surface area contributed by atoms with Gasteiger partial charge in [0.1, 0.15) is 12.4 Å². The number of carbonyl (C=O) groups excluding carboxylic acids is 1. The van der Waals surface area contributed by atoms with Gasteiger partial charge in [-0.15, -0.1) is 0 Å². The Hall–Kier alpha value is -3.35. The highest BCUT2D eigenvalue weighted by molar-refractivity contribution is 5.96. The Labute approximate surface area is 246 Å². The summed E-state index contributed by atoms with van der Waals surface area (Å²) in [4.78, 5) is 17.5. The third-order valence-electron chi connectivity index (χ3n) is 11.6. The van der Waals surface area contributed by atoms with E-state index in [2.05, 4.69) is 29.2 Å². The lowest BCUT2D eigenvalue weighted by atomic mass is 9.44. The SMILES string of the molecule is COc1cccc2c1CC1(C2)C[C@@]2(O)[C@@H]3Cc4ccc(OCc5ccccc5)c5c4[C@@]2(CCN3CC2CC2)[C@@H](O5)C1=O. The number of carbonyl (C=O) groups is 1. The van der Waals surface area contributed by atoms with Gasteiger partial charge in [0.2, 0.25) is 0 Å². The molecule has 6 heteroatoms. The number of fused-ring (bicyclic) bond motifs is 1. The molecular formula is C36H37NO5. The molecule has 0 radical (unpaired) electrons. The standard InChI is InChI=1S/C36H37NO5/c1-40-27-9-5-8-25-17-34(18-26(25)27)21-36(39)29-16-24-12-13-28(41-20-23-6-3-2-4-7-23)31-30(24)35(36,33(42-31)32(34)38)14-15-37(29)19-22-10-11-22/h2-9,12-13,22,29,33,39H,10-11,14-21H2,1H3/t29-,33-,34?,35-,36+/m0/s1. The Morgan fingerprint density at radius 3 is 2.67 bits per heavy atom. The molecule has 9 rings (SSSR count). The van der Waals surface area contributed by atoms with Crippen LogP contribution in [0.5, 0.6) is 17.2 Å². The minimum Gasteiger partial charge on any atom is -0.496 e. The van der Waals surface area contributed by atoms with Crippen molar-refractivity contribution >= 4 is 5.78 Å². The van der Waals surface area contributed by atoms with Crippen molar-refractivity contribution in [1.29, 1.82) is 0 Å². The molecule has 216 valence electrons. The summed E-state index contributed by atoms with van der Waals surface area (Å²) in [5.74, 6) is 3.04. The number of hydrogen-bond donors (Lipinski definition) is 1. The molecule has 2 bridgehead atoms. The second kappa shape index (κ2) is 8.61. The van der Waals surface area contributed by atoms with Gasteiger partial charge in [0.25, 0.3) is 0 Å². The Balaban J connectivity index is 1.18. The summed E-state index contributed by atoms with van der Waals surface area (Å²) in [6.07, 6.45) is 4.97. The first-order chi connectivity index (χ1) is 20.5. The smallest absolute Gasteiger partial charge is 0.181 e. The van der Waals surface area contributed by atoms with E-state index in [-0.39, 0.29) is 11.8 Å². The number of nitrogens with zero attached hydrogens (tertiary/aromatic N) is 1. The summed E-state index contributed by atoms with van der Waals surface area (Å²) < 4.78 is 19.0. The van der Waals surface area contributed by atoms with E-state index in [0.29, 0.717) is 37.4 Å². The van der Waals surface area contributed by atoms with E-state index in [0.717, 1.165) is 59.9 Å². The van der Waals surface area contributed by atoms with Gasteiger partial charge in [0.15, 0.2) is 23.4 Å². The summed E-state index contributed by atoms with van der Waals surface area (Å²) in [5, 5.41) is 13.3. The van der Waals surface area contributed by atoms with Crippen LogP contribution >= 0.6 is 0 Å². The number of likely N-dealkylation sites (tertiary alicyclic amines) is 1. The minimum atomic E-state index is -1.08. The Bertz CT molecular complexity index is 1620. The first-order valence-corrected chi connectivity index (χ1v) is 15.6. The lowest BCUT2D eigenvalue weighted by Crippen LogP contribution is -2.79. The number of Topliss-reactive ketones (excluding diaryl/α,β-unsaturated/α-hetero) is 1. The highest BCUT2D eigenvalue weighted by atomic mass is 16.5. The largest absolute Gasteiger partial charge is 0.496 e. The number of methoxy groups -OCH3 is 1. The van der Waals surface area contributed by atoms with E-state index in [1.807, 2.05) is 36.4 Å². The van der Waals surface area contributed by atoms with Gasteiger partial charge < -0.3 is 19.3 Å². The molecule has 3 aromatic carbocycles. The molecular weight excluding hydrogens is 526 g/mol. The molecule has 6 nitrogen and oxygen atoms in total. The number of ether oxygens (including phenoxy) is 3. The van der Waals surface area contributed by atoms with Crippen molar-refractivity contribution in [3.05, 3.63) is 88.5 Å². The maximum Gasteiger partial charge on any atom is 0.181 e. The fourth-order valence-corrected chi connectivity index (χ4v) is 9.59. The first kappa shape index (κ1) is 25.2. The topological polar surface area (TPSA) is 68.2 Å². The third-order valence-corrected chi connectivity index (χ3v) is 11.6. The molecule has 0 aromatic heterocycles. The van der Waals surface area contributed by atoms with E-state index in [9.17, 15) is 9.90 Å². The van der Waals surface area contributed by atoms with Crippen LogP contribution in [0.3, 0.4) is 0 Å². The zero-order valence-electron chi connectivity index (χ0n) is 24.1. The summed E-state index contributed by atoms with van der Waals surface area (Å²) >= 11 is 0. The lowest BCUT2D eigenvalue weighted by molar-refractivity contribution is -0.209. The summed E-state index contributed by atoms with van der Waals surface area (Å²) in [7, 11) is 1.70. The molecule has 2 aliphatic heterocycles. The first-order valence-electron chi connectivity index (χ1n) is 15.6. The Kier molecular flexibility index (Phi) is 5.16. The number of aliphatic hydroxyl groups is 1. The zero-order chi connectivity index (χ0) is 28.3. The van der Waals surface area contributed by atoms with Crippen molar-refractivity contribution in [2.24, 2.45) is 11.3 Å². The molecule has 1 N–H and O–H groups in total. The zero-order valence-corrected chi connectivity index (χ0v) is 24.1. The quantitative estimate of drug-likeness (QED) is 0.465. The van der Waals surface area contributed by atoms with Crippen LogP contribution in [0, 0.1) is 11.3 Å². The molecule has 3 aromatic rings. The third kappa shape index (κ3) is 3.20. The molecule has 42 heavy (non-hydrogen) atoms. The van der Waals surface area contributed by atoms with Gasteiger partial charge in [-0.25, -0.2) is 0 Å². The maximum atomic E-state index is 14.9. The monoisotopic (exact) mass is 563 g/mol. The fourth-order valence-electron chi connectivity index (χ4n) is 9.59. The van der Waals surface area contributed by atoms with Crippen LogP contribution in [-0.4, -0.2) is 53.7 Å². The van der Waals surface area contributed by atoms with Crippen LogP contribution in [0.4, 0.5) is 0 Å². The Morgan fingerprint density at radius 1 is 1.00 bits per heavy atom. The number of rotatable bonds is 6. The maximum absolute atomic E-state index is 14.9. The van der Waals surface area contributed by atoms with Gasteiger partial charge >= 0.3 is 0 Å². The highest BCUT2D eigenvalue weighted by Gasteiger charge is 2.77. The highest BCUT2D eigenvalue weighted by Crippen LogP contribution is 2.68. The molecule has 2 heterocycles. The predicted octanol–water partition coefficient (Wildman–Crippen LogP) is 4.80. The second-order valence-corrected chi connectivity index (χ2v) is 13.8. The van der Waals surface area contributed by atoms with Crippen LogP contribution in [0.1, 0.15) is 53.5 Å². The molecule has 1 unspecified atom stereocenters. The van der Waals surface area contributed by atoms with E-state index < -0.39 is 22.5 Å². The van der Waals surface area contributed by atoms with Gasteiger partial charge in [-0.1, -0.05) is 48.5 Å². The summed E-state index contributed by atoms with van der Waals surface area (Å²) in [5.41, 5.74) is 3.03. The Morgan fingerprint density at radius 2 is 1.86 bits per heavy atom. The normalized spacial score (nSPS) is 33.7. The molecule has 2 saturated carbocycles. The van der Waals surface area contributed by atoms with Crippen molar-refractivity contribution in [2.45, 2.75) is 74.7 Å². The van der Waals surface area contributed by atoms with Gasteiger partial charge in [0, 0.05) is 23.6 Å². The van der Waals surface area contributed by atoms with E-state index in [4.69, 9.17) is 14.2 Å². The fraction of sp³-hybridized carbons (Fsp3) is 0.472. The average Bonchev–Trinajstić information content (AvgIpc) is 3.63. The lowest BCUT2D eigenvalue weighted by Gasteiger charge is -2.65. The van der Waals surface area contributed by atoms with Crippen LogP contribution in [0.25, 0.3) is 0 Å². The minimum absolute atomic E-state index is 0.0388. The number of piperidine rings is 1. The van der Waals surface area contributed by atoms with Crippen molar-refractivity contribution in [2.75, 3.05) is 20.2 Å². The average molecular weight is 564 g/mol. The van der Waals surface area contributed by atoms with Gasteiger partial charge in [0.05, 0.1) is 18.1 Å². The van der Waals surface area contributed by atoms with E-state index in [1.165, 1.54) is 18.4 Å². The van der Waals surface area contributed by atoms with Crippen LogP contribution in [-0.2, 0) is 36.1 Å². The van der Waals surface area contributed by atoms with Crippen LogP contribution < -0.4 is 14.2 Å². The summed E-state index contributed by atoms with van der Waals surface area (Å²) in [6.45, 7) is 2.33. The van der Waals surface area contributed by atoms with Gasteiger partial charge in [-0.2, -0.15) is 0 Å². The number of benzene rings is 3.